The molecular weight excluding hydrogens is 291 g/mol. The Labute approximate surface area is 135 Å². The van der Waals surface area contributed by atoms with Gasteiger partial charge in [-0.15, -0.1) is 31.4 Å². The minimum absolute atomic E-state index is 0. The molecule has 20 heavy (non-hydrogen) atoms. The van der Waals surface area contributed by atoms with Crippen molar-refractivity contribution in [3.05, 3.63) is 47.5 Å². The van der Waals surface area contributed by atoms with E-state index in [9.17, 15) is 0 Å². The lowest BCUT2D eigenvalue weighted by atomic mass is 9.95. The predicted octanol–water partition coefficient (Wildman–Crippen LogP) is 3.67. The van der Waals surface area contributed by atoms with Gasteiger partial charge in [0.25, 0.3) is 0 Å². The molecule has 0 unspecified atom stereocenters. The first-order valence-corrected chi connectivity index (χ1v) is 6.85. The number of piperazine rings is 1. The number of nitrogens with one attached hydrogen (secondary N) is 1. The Morgan fingerprint density at radius 3 is 2.50 bits per heavy atom. The van der Waals surface area contributed by atoms with Gasteiger partial charge in [0.15, 0.2) is 0 Å². The molecule has 0 amide bonds. The van der Waals surface area contributed by atoms with Crippen LogP contribution >= 0.6 is 24.8 Å². The molecule has 2 rings (SSSR count). The molecule has 0 aromatic heterocycles. The lowest BCUT2D eigenvalue weighted by Crippen LogP contribution is -2.45. The normalized spacial score (nSPS) is 16.7. The molecule has 0 radical (unpaired) electrons. The Morgan fingerprint density at radius 2 is 1.90 bits per heavy atom. The maximum Gasteiger partial charge on any atom is 0.0386 e. The first-order valence-electron chi connectivity index (χ1n) is 6.85. The highest BCUT2D eigenvalue weighted by molar-refractivity contribution is 5.85. The molecule has 0 spiro atoms. The summed E-state index contributed by atoms with van der Waals surface area (Å²) in [5.74, 6) is 0. The van der Waals surface area contributed by atoms with E-state index in [0.717, 1.165) is 32.6 Å². The van der Waals surface area contributed by atoms with Gasteiger partial charge in [-0.25, -0.2) is 0 Å². The minimum atomic E-state index is 0. The number of hydrogen-bond acceptors (Lipinski definition) is 2. The molecule has 1 aliphatic heterocycles. The zero-order valence-electron chi connectivity index (χ0n) is 12.4. The summed E-state index contributed by atoms with van der Waals surface area (Å²) in [6.07, 6.45) is 3.08. The van der Waals surface area contributed by atoms with Gasteiger partial charge >= 0.3 is 0 Å². The largest absolute Gasteiger partial charge is 0.314 e. The van der Waals surface area contributed by atoms with Crippen molar-refractivity contribution in [1.82, 2.24) is 10.2 Å². The van der Waals surface area contributed by atoms with E-state index in [1.54, 1.807) is 0 Å². The third-order valence-electron chi connectivity index (χ3n) is 3.78. The van der Waals surface area contributed by atoms with Crippen LogP contribution < -0.4 is 5.32 Å². The van der Waals surface area contributed by atoms with Crippen LogP contribution in [0, 0.1) is 13.8 Å². The first kappa shape index (κ1) is 19.5. The molecule has 4 heteroatoms. The topological polar surface area (TPSA) is 15.3 Å². The standard InChI is InChI=1S/C16H24N2.2ClH/c1-4-5-16(18-10-8-17-9-11-18)15-12-13(2)6-7-14(15)3;;/h4,6-7,12,16-17H,1,5,8-11H2,2-3H3;2*1H/t16-;;/m1../s1. The molecule has 1 aromatic carbocycles. The number of hydrogen-bond donors (Lipinski definition) is 1. The summed E-state index contributed by atoms with van der Waals surface area (Å²) in [7, 11) is 0. The van der Waals surface area contributed by atoms with E-state index in [1.807, 2.05) is 0 Å². The molecule has 1 N–H and O–H groups in total. The van der Waals surface area contributed by atoms with Gasteiger partial charge in [0, 0.05) is 32.2 Å². The molecule has 1 aromatic rings. The van der Waals surface area contributed by atoms with Crippen molar-refractivity contribution in [2.45, 2.75) is 26.3 Å². The highest BCUT2D eigenvalue weighted by Gasteiger charge is 2.22. The van der Waals surface area contributed by atoms with Crippen LogP contribution in [-0.2, 0) is 0 Å². The highest BCUT2D eigenvalue weighted by Crippen LogP contribution is 2.28. The molecule has 1 heterocycles. The average Bonchev–Trinajstić information content (AvgIpc) is 2.40. The minimum Gasteiger partial charge on any atom is -0.314 e. The van der Waals surface area contributed by atoms with E-state index in [-0.39, 0.29) is 24.8 Å². The van der Waals surface area contributed by atoms with Gasteiger partial charge in [-0.1, -0.05) is 29.8 Å². The highest BCUT2D eigenvalue weighted by atomic mass is 35.5. The van der Waals surface area contributed by atoms with E-state index >= 15 is 0 Å². The van der Waals surface area contributed by atoms with Crippen LogP contribution in [0.15, 0.2) is 30.9 Å². The Hall–Kier alpha value is -0.540. The molecule has 1 aliphatic rings. The van der Waals surface area contributed by atoms with Gasteiger partial charge in [0.05, 0.1) is 0 Å². The van der Waals surface area contributed by atoms with Crippen molar-refractivity contribution >= 4 is 24.8 Å². The Morgan fingerprint density at radius 1 is 1.25 bits per heavy atom. The van der Waals surface area contributed by atoms with Crippen LogP contribution in [0.25, 0.3) is 0 Å². The monoisotopic (exact) mass is 316 g/mol. The van der Waals surface area contributed by atoms with Gasteiger partial charge in [-0.2, -0.15) is 0 Å². The van der Waals surface area contributed by atoms with Crippen LogP contribution in [0.2, 0.25) is 0 Å². The molecule has 1 saturated heterocycles. The molecule has 114 valence electrons. The lowest BCUT2D eigenvalue weighted by Gasteiger charge is -2.35. The quantitative estimate of drug-likeness (QED) is 0.853. The fourth-order valence-corrected chi connectivity index (χ4v) is 2.74. The summed E-state index contributed by atoms with van der Waals surface area (Å²) in [5, 5.41) is 3.42. The first-order chi connectivity index (χ1) is 8.72. The Kier molecular flexibility index (Phi) is 9.15. The number of halogens is 2. The number of benzene rings is 1. The van der Waals surface area contributed by atoms with Gasteiger partial charge in [-0.3, -0.25) is 4.90 Å². The van der Waals surface area contributed by atoms with Crippen molar-refractivity contribution in [1.29, 1.82) is 0 Å². The van der Waals surface area contributed by atoms with Crippen LogP contribution in [-0.4, -0.2) is 31.1 Å². The predicted molar refractivity (Wildman–Crippen MR) is 92.4 cm³/mol. The summed E-state index contributed by atoms with van der Waals surface area (Å²) in [6.45, 7) is 12.8. The zero-order valence-corrected chi connectivity index (χ0v) is 14.0. The Bertz CT molecular complexity index is 415. The maximum absolute atomic E-state index is 3.93. The molecule has 0 saturated carbocycles. The van der Waals surface area contributed by atoms with Crippen molar-refractivity contribution in [2.24, 2.45) is 0 Å². The van der Waals surface area contributed by atoms with Gasteiger partial charge < -0.3 is 5.32 Å². The maximum atomic E-state index is 3.93. The van der Waals surface area contributed by atoms with Crippen LogP contribution in [0.1, 0.15) is 29.2 Å². The van der Waals surface area contributed by atoms with E-state index in [1.165, 1.54) is 16.7 Å². The molecule has 0 aliphatic carbocycles. The molecule has 1 atom stereocenters. The third kappa shape index (κ3) is 4.78. The van der Waals surface area contributed by atoms with Crippen molar-refractivity contribution in [3.63, 3.8) is 0 Å². The number of aryl methyl sites for hydroxylation is 2. The van der Waals surface area contributed by atoms with Crippen molar-refractivity contribution < 1.29 is 0 Å². The molecule has 2 nitrogen and oxygen atoms in total. The van der Waals surface area contributed by atoms with E-state index in [4.69, 9.17) is 0 Å². The third-order valence-corrected chi connectivity index (χ3v) is 3.78. The smallest absolute Gasteiger partial charge is 0.0386 e. The van der Waals surface area contributed by atoms with Crippen LogP contribution in [0.5, 0.6) is 0 Å². The lowest BCUT2D eigenvalue weighted by molar-refractivity contribution is 0.174. The summed E-state index contributed by atoms with van der Waals surface area (Å²) in [6, 6.07) is 7.26. The fraction of sp³-hybridized carbons (Fsp3) is 0.500. The van der Waals surface area contributed by atoms with E-state index in [0.29, 0.717) is 6.04 Å². The molecule has 0 bridgehead atoms. The SMILES string of the molecule is C=CC[C@H](c1cc(C)ccc1C)N1CCNCC1.Cl.Cl. The second-order valence-electron chi connectivity index (χ2n) is 5.19. The van der Waals surface area contributed by atoms with Crippen molar-refractivity contribution in [2.75, 3.05) is 26.2 Å². The number of nitrogens with zero attached hydrogens (tertiary/aromatic N) is 1. The average molecular weight is 317 g/mol. The Balaban J connectivity index is 0.00000180. The van der Waals surface area contributed by atoms with Crippen LogP contribution in [0.3, 0.4) is 0 Å². The second-order valence-corrected chi connectivity index (χ2v) is 5.19. The van der Waals surface area contributed by atoms with E-state index < -0.39 is 0 Å². The second kappa shape index (κ2) is 9.41. The fourth-order valence-electron chi connectivity index (χ4n) is 2.74. The summed E-state index contributed by atoms with van der Waals surface area (Å²) in [5.41, 5.74) is 4.21. The molecular formula is C16H26Cl2N2. The summed E-state index contributed by atoms with van der Waals surface area (Å²) >= 11 is 0. The van der Waals surface area contributed by atoms with E-state index in [2.05, 4.69) is 54.9 Å². The molecule has 1 fully saturated rings. The van der Waals surface area contributed by atoms with Gasteiger partial charge in [-0.05, 0) is 31.4 Å². The van der Waals surface area contributed by atoms with Crippen molar-refractivity contribution in [3.8, 4) is 0 Å². The summed E-state index contributed by atoms with van der Waals surface area (Å²) in [4.78, 5) is 2.58. The number of rotatable bonds is 4. The van der Waals surface area contributed by atoms with Gasteiger partial charge in [0.1, 0.15) is 0 Å². The zero-order chi connectivity index (χ0) is 13.0. The summed E-state index contributed by atoms with van der Waals surface area (Å²) < 4.78 is 0. The van der Waals surface area contributed by atoms with Crippen LogP contribution in [0.4, 0.5) is 0 Å². The van der Waals surface area contributed by atoms with Gasteiger partial charge in [0.2, 0.25) is 0 Å².